The Morgan fingerprint density at radius 3 is 2.36 bits per heavy atom. The van der Waals surface area contributed by atoms with Gasteiger partial charge in [-0.2, -0.15) is 0 Å². The molecule has 2 aliphatic rings. The Balaban J connectivity index is 1.42. The minimum Gasteiger partial charge on any atom is -0.486 e. The van der Waals surface area contributed by atoms with Crippen LogP contribution in [-0.2, 0) is 25.2 Å². The molecule has 1 atom stereocenters. The minimum absolute atomic E-state index is 0.106. The zero-order valence-corrected chi connectivity index (χ0v) is 21.1. The Morgan fingerprint density at radius 2 is 1.64 bits per heavy atom. The lowest BCUT2D eigenvalue weighted by atomic mass is 10.2. The predicted molar refractivity (Wildman–Crippen MR) is 138 cm³/mol. The number of carbonyl (C=O) groups excluding carboxylic acids is 3. The molecular weight excluding hydrogens is 482 g/mol. The number of anilines is 2. The van der Waals surface area contributed by atoms with Crippen LogP contribution < -0.4 is 25.0 Å². The third-order valence-electron chi connectivity index (χ3n) is 6.07. The maximum absolute atomic E-state index is 13.2. The molecule has 2 aromatic carbocycles. The zero-order valence-electron chi connectivity index (χ0n) is 20.3. The molecule has 1 saturated carbocycles. The van der Waals surface area contributed by atoms with E-state index in [1.165, 1.54) is 4.90 Å². The molecule has 0 spiro atoms. The van der Waals surface area contributed by atoms with Gasteiger partial charge in [-0.05, 0) is 44.0 Å². The first-order chi connectivity index (χ1) is 17.4. The van der Waals surface area contributed by atoms with Crippen LogP contribution in [0.3, 0.4) is 0 Å². The molecule has 2 N–H and O–H groups in total. The molecule has 9 nitrogen and oxygen atoms in total. The number of rotatable bonds is 9. The quantitative estimate of drug-likeness (QED) is 0.533. The maximum Gasteiger partial charge on any atom is 0.240 e. The fourth-order valence-electron chi connectivity index (χ4n) is 4.26. The Morgan fingerprint density at radius 1 is 0.944 bits per heavy atom. The number of fused-ring (bicyclic) bond motifs is 1. The molecule has 192 valence electrons. The van der Waals surface area contributed by atoms with Crippen molar-refractivity contribution in [1.29, 1.82) is 0 Å². The van der Waals surface area contributed by atoms with Crippen LogP contribution in [0.1, 0.15) is 31.2 Å². The number of hydrogen-bond acceptors (Lipinski definition) is 6. The molecule has 1 aliphatic heterocycles. The van der Waals surface area contributed by atoms with Crippen molar-refractivity contribution >= 4 is 39.9 Å². The van der Waals surface area contributed by atoms with Crippen LogP contribution in [0.4, 0.5) is 11.4 Å². The van der Waals surface area contributed by atoms with Crippen molar-refractivity contribution in [3.05, 3.63) is 48.0 Å². The highest BCUT2D eigenvalue weighted by Gasteiger charge is 2.26. The van der Waals surface area contributed by atoms with Crippen LogP contribution >= 0.6 is 0 Å². The van der Waals surface area contributed by atoms with Crippen LogP contribution in [0.5, 0.6) is 11.5 Å². The van der Waals surface area contributed by atoms with Gasteiger partial charge in [-0.15, -0.1) is 0 Å². The molecule has 0 unspecified atom stereocenters. The van der Waals surface area contributed by atoms with Gasteiger partial charge >= 0.3 is 0 Å². The van der Waals surface area contributed by atoms with Crippen molar-refractivity contribution in [2.45, 2.75) is 38.6 Å². The van der Waals surface area contributed by atoms with Crippen molar-refractivity contribution in [3.8, 4) is 11.5 Å². The van der Waals surface area contributed by atoms with E-state index in [1.54, 1.807) is 30.3 Å². The first-order valence-corrected chi connectivity index (χ1v) is 13.6. The van der Waals surface area contributed by atoms with Crippen molar-refractivity contribution in [3.63, 3.8) is 0 Å². The van der Waals surface area contributed by atoms with Gasteiger partial charge in [0, 0.05) is 34.3 Å². The number of benzene rings is 2. The average Bonchev–Trinajstić information content (AvgIpc) is 3.36. The summed E-state index contributed by atoms with van der Waals surface area (Å²) in [5, 5.41) is 5.67. The molecule has 10 heteroatoms. The molecule has 1 aliphatic carbocycles. The van der Waals surface area contributed by atoms with Crippen molar-refractivity contribution in [2.75, 3.05) is 41.5 Å². The van der Waals surface area contributed by atoms with Gasteiger partial charge < -0.3 is 25.0 Å². The molecule has 3 amide bonds. The number of aryl methyl sites for hydroxylation is 1. The molecule has 2 aromatic rings. The van der Waals surface area contributed by atoms with E-state index in [4.69, 9.17) is 9.47 Å². The highest BCUT2D eigenvalue weighted by Crippen LogP contribution is 2.34. The standard InChI is InChI=1S/C26H31N3O6S/c1-18-6-8-20(9-7-18)28-25(31)16-36(33)17-26(32)29(15-24(30)27-19-4-2-3-5-19)21-10-11-22-23(14-21)35-13-12-34-22/h6-11,14,19H,2-5,12-13,15-17H2,1H3,(H,27,30)(H,28,31)/t36-/m0/s1. The average molecular weight is 514 g/mol. The third kappa shape index (κ3) is 7.07. The van der Waals surface area contributed by atoms with Gasteiger partial charge in [-0.1, -0.05) is 30.5 Å². The Hall–Kier alpha value is -3.40. The summed E-state index contributed by atoms with van der Waals surface area (Å²) in [6.07, 6.45) is 3.98. The zero-order chi connectivity index (χ0) is 25.5. The molecule has 0 aromatic heterocycles. The van der Waals surface area contributed by atoms with Gasteiger partial charge in [-0.3, -0.25) is 18.6 Å². The highest BCUT2D eigenvalue weighted by molar-refractivity contribution is 7.86. The second-order valence-electron chi connectivity index (χ2n) is 9.00. The second kappa shape index (κ2) is 12.0. The first kappa shape index (κ1) is 25.7. The Kier molecular flexibility index (Phi) is 8.58. The summed E-state index contributed by atoms with van der Waals surface area (Å²) in [4.78, 5) is 39.6. The molecule has 0 radical (unpaired) electrons. The molecule has 0 saturated heterocycles. The fourth-order valence-corrected chi connectivity index (χ4v) is 5.16. The summed E-state index contributed by atoms with van der Waals surface area (Å²) >= 11 is 0. The third-order valence-corrected chi connectivity index (χ3v) is 7.23. The molecule has 0 bridgehead atoms. The monoisotopic (exact) mass is 513 g/mol. The maximum atomic E-state index is 13.2. The van der Waals surface area contributed by atoms with Gasteiger partial charge in [0.25, 0.3) is 0 Å². The number of nitrogens with zero attached hydrogens (tertiary/aromatic N) is 1. The second-order valence-corrected chi connectivity index (χ2v) is 10.5. The van der Waals surface area contributed by atoms with Crippen molar-refractivity contribution < 1.29 is 28.1 Å². The van der Waals surface area contributed by atoms with Crippen molar-refractivity contribution in [2.24, 2.45) is 0 Å². The lowest BCUT2D eigenvalue weighted by molar-refractivity contribution is -0.123. The summed E-state index contributed by atoms with van der Waals surface area (Å²) in [7, 11) is -1.76. The fraction of sp³-hybridized carbons (Fsp3) is 0.423. The van der Waals surface area contributed by atoms with Crippen LogP contribution in [0.2, 0.25) is 0 Å². The summed E-state index contributed by atoms with van der Waals surface area (Å²) in [6, 6.07) is 12.3. The molecule has 1 heterocycles. The number of ether oxygens (including phenoxy) is 2. The number of nitrogens with one attached hydrogen (secondary N) is 2. The SMILES string of the molecule is Cc1ccc(NC(=O)C[S@](=O)CC(=O)N(CC(=O)NC2CCCC2)c2ccc3c(c2)OCCO3)cc1. The number of amides is 3. The lowest BCUT2D eigenvalue weighted by Gasteiger charge is -2.25. The highest BCUT2D eigenvalue weighted by atomic mass is 32.2. The van der Waals surface area contributed by atoms with E-state index >= 15 is 0 Å². The van der Waals surface area contributed by atoms with E-state index in [2.05, 4.69) is 10.6 Å². The molecule has 4 rings (SSSR count). The van der Waals surface area contributed by atoms with Gasteiger partial charge in [0.05, 0.1) is 0 Å². The molecule has 36 heavy (non-hydrogen) atoms. The summed E-state index contributed by atoms with van der Waals surface area (Å²) in [6.45, 7) is 2.53. The predicted octanol–water partition coefficient (Wildman–Crippen LogP) is 2.55. The van der Waals surface area contributed by atoms with Crippen LogP contribution in [-0.4, -0.2) is 59.2 Å². The van der Waals surface area contributed by atoms with Crippen LogP contribution in [0, 0.1) is 6.92 Å². The van der Waals surface area contributed by atoms with E-state index in [1.807, 2.05) is 19.1 Å². The van der Waals surface area contributed by atoms with E-state index < -0.39 is 28.4 Å². The smallest absolute Gasteiger partial charge is 0.240 e. The Bertz CT molecular complexity index is 1130. The van der Waals surface area contributed by atoms with E-state index in [9.17, 15) is 18.6 Å². The van der Waals surface area contributed by atoms with E-state index in [0.717, 1.165) is 31.2 Å². The van der Waals surface area contributed by atoms with Gasteiger partial charge in [0.1, 0.15) is 31.3 Å². The first-order valence-electron chi connectivity index (χ1n) is 12.1. The van der Waals surface area contributed by atoms with Gasteiger partial charge in [0.15, 0.2) is 11.5 Å². The van der Waals surface area contributed by atoms with Gasteiger partial charge in [-0.25, -0.2) is 0 Å². The molecular formula is C26H31N3O6S. The number of hydrogen-bond donors (Lipinski definition) is 2. The summed E-state index contributed by atoms with van der Waals surface area (Å²) < 4.78 is 23.9. The Labute approximate surface area is 213 Å². The van der Waals surface area contributed by atoms with Crippen molar-refractivity contribution in [1.82, 2.24) is 5.32 Å². The van der Waals surface area contributed by atoms with E-state index in [0.29, 0.717) is 36.1 Å². The van der Waals surface area contributed by atoms with Crippen LogP contribution in [0.15, 0.2) is 42.5 Å². The summed E-state index contributed by atoms with van der Waals surface area (Å²) in [5.74, 6) is -0.942. The molecule has 1 fully saturated rings. The van der Waals surface area contributed by atoms with Crippen LogP contribution in [0.25, 0.3) is 0 Å². The largest absolute Gasteiger partial charge is 0.486 e. The number of carbonyl (C=O) groups is 3. The minimum atomic E-state index is -1.76. The summed E-state index contributed by atoms with van der Waals surface area (Å²) in [5.41, 5.74) is 2.08. The normalized spacial score (nSPS) is 15.7. The topological polar surface area (TPSA) is 114 Å². The van der Waals surface area contributed by atoms with E-state index in [-0.39, 0.29) is 24.2 Å². The van der Waals surface area contributed by atoms with Gasteiger partial charge in [0.2, 0.25) is 17.7 Å². The lowest BCUT2D eigenvalue weighted by Crippen LogP contribution is -2.45.